The minimum absolute atomic E-state index is 0.322. The first-order valence-corrected chi connectivity index (χ1v) is 10.3. The molecule has 0 amide bonds. The molecule has 3 nitrogen and oxygen atoms in total. The maximum atomic E-state index is 9.83. The van der Waals surface area contributed by atoms with Crippen LogP contribution in [0.25, 0.3) is 0 Å². The van der Waals surface area contributed by atoms with E-state index in [2.05, 4.69) is 38.3 Å². The van der Waals surface area contributed by atoms with Crippen molar-refractivity contribution in [3.63, 3.8) is 0 Å². The summed E-state index contributed by atoms with van der Waals surface area (Å²) < 4.78 is 0. The van der Waals surface area contributed by atoms with Crippen molar-refractivity contribution in [3.8, 4) is 5.75 Å². The smallest absolute Gasteiger partial charge is 0.118 e. The van der Waals surface area contributed by atoms with Crippen molar-refractivity contribution in [1.82, 2.24) is 0 Å². The molecule has 24 heavy (non-hydrogen) atoms. The van der Waals surface area contributed by atoms with Crippen LogP contribution < -0.4 is 0 Å². The number of aromatic hydroxyl groups is 1. The van der Waals surface area contributed by atoms with Crippen LogP contribution in [-0.2, 0) is 19.3 Å². The van der Waals surface area contributed by atoms with Crippen molar-refractivity contribution in [2.45, 2.75) is 40.0 Å². The highest BCUT2D eigenvalue weighted by atomic mass is 31.2. The SMILES string of the molecule is C=P(O)(O)CCc1cc(C)c(Cc2ccc(O)c(CC)c2)c(C)c1. The summed E-state index contributed by atoms with van der Waals surface area (Å²) in [6.45, 7) is 6.23. The van der Waals surface area contributed by atoms with E-state index in [1.54, 1.807) is 6.07 Å². The Morgan fingerprint density at radius 2 is 1.62 bits per heavy atom. The molecule has 0 fully saturated rings. The molecule has 0 spiro atoms. The van der Waals surface area contributed by atoms with Crippen LogP contribution in [0.4, 0.5) is 0 Å². The standard InChI is InChI=1S/C20H27O3P/c1-5-18-12-16(6-7-20(18)21)13-19-14(2)10-17(11-15(19)3)8-9-24(4,22)23/h6-7,10-12,21-23H,4-5,8-9,13H2,1-3H3. The van der Waals surface area contributed by atoms with E-state index in [4.69, 9.17) is 0 Å². The zero-order chi connectivity index (χ0) is 17.9. The Morgan fingerprint density at radius 3 is 2.17 bits per heavy atom. The number of aryl methyl sites for hydroxylation is 4. The van der Waals surface area contributed by atoms with Crippen LogP contribution in [0.5, 0.6) is 5.75 Å². The summed E-state index contributed by atoms with van der Waals surface area (Å²) in [7, 11) is -2.97. The van der Waals surface area contributed by atoms with E-state index in [9.17, 15) is 14.9 Å². The Kier molecular flexibility index (Phi) is 5.92. The second-order valence-electron chi connectivity index (χ2n) is 6.55. The first-order chi connectivity index (χ1) is 11.2. The van der Waals surface area contributed by atoms with Gasteiger partial charge in [0.05, 0.1) is 0 Å². The van der Waals surface area contributed by atoms with Gasteiger partial charge in [-0.15, -0.1) is 0 Å². The Hall–Kier alpha value is -1.54. The van der Waals surface area contributed by atoms with Gasteiger partial charge in [-0.1, -0.05) is 37.5 Å². The number of benzene rings is 2. The summed E-state index contributed by atoms with van der Waals surface area (Å²) in [6, 6.07) is 10.1. The molecule has 2 aromatic rings. The van der Waals surface area contributed by atoms with Crippen LogP contribution in [0, 0.1) is 13.8 Å². The van der Waals surface area contributed by atoms with Gasteiger partial charge in [0.15, 0.2) is 0 Å². The molecule has 0 unspecified atom stereocenters. The second kappa shape index (κ2) is 7.57. The zero-order valence-corrected chi connectivity index (χ0v) is 15.6. The molecule has 0 aliphatic heterocycles. The fourth-order valence-corrected chi connectivity index (χ4v) is 3.67. The summed E-state index contributed by atoms with van der Waals surface area (Å²) in [5.74, 6) is 0.359. The number of rotatable bonds is 6. The van der Waals surface area contributed by atoms with Crippen molar-refractivity contribution in [1.29, 1.82) is 0 Å². The summed E-state index contributed by atoms with van der Waals surface area (Å²) in [6.07, 6.45) is 6.03. The quantitative estimate of drug-likeness (QED) is 0.694. The van der Waals surface area contributed by atoms with Crippen LogP contribution in [0.1, 0.15) is 40.3 Å². The van der Waals surface area contributed by atoms with Gasteiger partial charge in [0.25, 0.3) is 0 Å². The molecule has 130 valence electrons. The lowest BCUT2D eigenvalue weighted by atomic mass is 9.92. The minimum atomic E-state index is -2.97. The average Bonchev–Trinajstić information content (AvgIpc) is 2.49. The van der Waals surface area contributed by atoms with E-state index in [1.165, 1.54) is 22.3 Å². The number of hydrogen-bond acceptors (Lipinski definition) is 3. The molecule has 0 radical (unpaired) electrons. The largest absolute Gasteiger partial charge is 0.508 e. The van der Waals surface area contributed by atoms with Crippen LogP contribution >= 0.6 is 7.34 Å². The fraction of sp³-hybridized carbons (Fsp3) is 0.350. The Labute approximate surface area is 144 Å². The topological polar surface area (TPSA) is 60.7 Å². The third-order valence-corrected chi connectivity index (χ3v) is 5.36. The van der Waals surface area contributed by atoms with Crippen LogP contribution in [0.15, 0.2) is 30.3 Å². The molecule has 4 heteroatoms. The van der Waals surface area contributed by atoms with Gasteiger partial charge in [-0.05, 0) is 72.6 Å². The second-order valence-corrected chi connectivity index (χ2v) is 8.76. The lowest BCUT2D eigenvalue weighted by Gasteiger charge is -2.15. The lowest BCUT2D eigenvalue weighted by molar-refractivity contribution is 0.468. The zero-order valence-electron chi connectivity index (χ0n) is 14.7. The van der Waals surface area contributed by atoms with Gasteiger partial charge in [-0.25, -0.2) is 0 Å². The molecule has 0 atom stereocenters. The Balaban J connectivity index is 2.24. The van der Waals surface area contributed by atoms with E-state index in [0.29, 0.717) is 18.3 Å². The van der Waals surface area contributed by atoms with Gasteiger partial charge in [0.2, 0.25) is 0 Å². The van der Waals surface area contributed by atoms with Crippen LogP contribution in [0.3, 0.4) is 0 Å². The fourth-order valence-electron chi connectivity index (χ4n) is 3.05. The third-order valence-electron chi connectivity index (χ3n) is 4.42. The van der Waals surface area contributed by atoms with E-state index in [0.717, 1.165) is 24.0 Å². The molecule has 0 aliphatic rings. The van der Waals surface area contributed by atoms with E-state index >= 15 is 0 Å². The molecular formula is C20H27O3P. The maximum absolute atomic E-state index is 9.83. The Morgan fingerprint density at radius 1 is 1.00 bits per heavy atom. The normalized spacial score (nSPS) is 11.7. The van der Waals surface area contributed by atoms with Gasteiger partial charge < -0.3 is 14.9 Å². The van der Waals surface area contributed by atoms with E-state index < -0.39 is 7.34 Å². The molecule has 0 heterocycles. The van der Waals surface area contributed by atoms with Gasteiger partial charge >= 0.3 is 0 Å². The average molecular weight is 346 g/mol. The predicted molar refractivity (Wildman–Crippen MR) is 103 cm³/mol. The third kappa shape index (κ3) is 4.98. The first kappa shape index (κ1) is 18.8. The van der Waals surface area contributed by atoms with E-state index in [-0.39, 0.29) is 0 Å². The molecule has 0 aromatic heterocycles. The molecule has 0 saturated heterocycles. The monoisotopic (exact) mass is 346 g/mol. The number of phenols is 1. The maximum Gasteiger partial charge on any atom is 0.118 e. The molecule has 3 N–H and O–H groups in total. The van der Waals surface area contributed by atoms with Gasteiger partial charge in [0.1, 0.15) is 13.1 Å². The van der Waals surface area contributed by atoms with Crippen molar-refractivity contribution < 1.29 is 14.9 Å². The molecule has 0 bridgehead atoms. The van der Waals surface area contributed by atoms with Crippen molar-refractivity contribution in [3.05, 3.63) is 63.7 Å². The predicted octanol–water partition coefficient (Wildman–Crippen LogP) is 3.97. The van der Waals surface area contributed by atoms with Crippen molar-refractivity contribution >= 4 is 13.6 Å². The highest BCUT2D eigenvalue weighted by molar-refractivity contribution is 7.62. The van der Waals surface area contributed by atoms with Gasteiger partial charge in [0, 0.05) is 6.16 Å². The molecule has 0 aliphatic carbocycles. The highest BCUT2D eigenvalue weighted by Gasteiger charge is 2.10. The summed E-state index contributed by atoms with van der Waals surface area (Å²) >= 11 is 0. The lowest BCUT2D eigenvalue weighted by Crippen LogP contribution is -2.01. The minimum Gasteiger partial charge on any atom is -0.508 e. The molecule has 2 aromatic carbocycles. The first-order valence-electron chi connectivity index (χ1n) is 8.27. The summed E-state index contributed by atoms with van der Waals surface area (Å²) in [5, 5.41) is 9.83. The van der Waals surface area contributed by atoms with Crippen molar-refractivity contribution in [2.75, 3.05) is 6.16 Å². The van der Waals surface area contributed by atoms with Crippen molar-refractivity contribution in [2.24, 2.45) is 0 Å². The van der Waals surface area contributed by atoms with Gasteiger partial charge in [-0.3, -0.25) is 0 Å². The number of hydrogen-bond donors (Lipinski definition) is 3. The molecule has 0 saturated carbocycles. The summed E-state index contributed by atoms with van der Waals surface area (Å²) in [4.78, 5) is 18.9. The van der Waals surface area contributed by atoms with E-state index in [1.807, 2.05) is 13.0 Å². The highest BCUT2D eigenvalue weighted by Crippen LogP contribution is 2.34. The molecular weight excluding hydrogens is 319 g/mol. The number of phenolic OH excluding ortho intramolecular Hbond substituents is 1. The van der Waals surface area contributed by atoms with Gasteiger partial charge in [-0.2, -0.15) is 0 Å². The summed E-state index contributed by atoms with van der Waals surface area (Å²) in [5.41, 5.74) is 6.98. The van der Waals surface area contributed by atoms with Crippen LogP contribution in [-0.4, -0.2) is 27.4 Å². The molecule has 2 rings (SSSR count). The Bertz CT molecular complexity index is 751. The van der Waals surface area contributed by atoms with Crippen LogP contribution in [0.2, 0.25) is 0 Å².